The molecule has 0 aromatic heterocycles. The molecule has 0 amide bonds. The van der Waals surface area contributed by atoms with Gasteiger partial charge in [-0.05, 0) is 27.0 Å². The van der Waals surface area contributed by atoms with Gasteiger partial charge in [-0.1, -0.05) is 12.2 Å². The first kappa shape index (κ1) is 11.1. The monoisotopic (exact) mass is 173 g/mol. The maximum atomic E-state index is 3.96. The highest BCUT2D eigenvalue weighted by atomic mass is 32.2. The quantitative estimate of drug-likeness (QED) is 0.655. The highest BCUT2D eigenvalue weighted by Gasteiger charge is 2.07. The predicted molar refractivity (Wildman–Crippen MR) is 55.3 cm³/mol. The van der Waals surface area contributed by atoms with Crippen molar-refractivity contribution in [3.05, 3.63) is 12.2 Å². The number of hydrogen-bond acceptors (Lipinski definition) is 2. The fourth-order valence-corrected chi connectivity index (χ4v) is 1.16. The molecule has 0 saturated carbocycles. The molecule has 0 aliphatic heterocycles. The molecule has 11 heavy (non-hydrogen) atoms. The Morgan fingerprint density at radius 2 is 2.00 bits per heavy atom. The van der Waals surface area contributed by atoms with Crippen LogP contribution in [0.5, 0.6) is 0 Å². The van der Waals surface area contributed by atoms with E-state index in [1.165, 1.54) is 5.57 Å². The Labute approximate surface area is 74.6 Å². The molecule has 0 atom stereocenters. The van der Waals surface area contributed by atoms with Gasteiger partial charge in [-0.25, -0.2) is 0 Å². The van der Waals surface area contributed by atoms with Gasteiger partial charge in [-0.2, -0.15) is 11.8 Å². The molecule has 0 bridgehead atoms. The summed E-state index contributed by atoms with van der Waals surface area (Å²) in [7, 11) is 0. The fourth-order valence-electron chi connectivity index (χ4n) is 0.645. The minimum Gasteiger partial charge on any atom is -0.308 e. The fraction of sp³-hybridized carbons (Fsp3) is 0.778. The van der Waals surface area contributed by atoms with Crippen molar-refractivity contribution in [3.63, 3.8) is 0 Å². The molecule has 0 saturated heterocycles. The van der Waals surface area contributed by atoms with E-state index in [2.05, 4.69) is 38.9 Å². The molecule has 2 heteroatoms. The maximum absolute atomic E-state index is 3.96. The Morgan fingerprint density at radius 3 is 2.36 bits per heavy atom. The van der Waals surface area contributed by atoms with Crippen LogP contribution in [0.25, 0.3) is 0 Å². The largest absolute Gasteiger partial charge is 0.308 e. The summed E-state index contributed by atoms with van der Waals surface area (Å²) in [6.45, 7) is 11.4. The molecule has 66 valence electrons. The van der Waals surface area contributed by atoms with Crippen LogP contribution in [0.1, 0.15) is 20.8 Å². The molecule has 0 fully saturated rings. The molecule has 1 nitrogen and oxygen atoms in total. The van der Waals surface area contributed by atoms with Gasteiger partial charge in [0.05, 0.1) is 0 Å². The van der Waals surface area contributed by atoms with E-state index in [9.17, 15) is 0 Å². The topological polar surface area (TPSA) is 12.0 Å². The van der Waals surface area contributed by atoms with Gasteiger partial charge in [-0.15, -0.1) is 0 Å². The molecular weight excluding hydrogens is 154 g/mol. The van der Waals surface area contributed by atoms with Gasteiger partial charge < -0.3 is 5.32 Å². The molecule has 0 spiro atoms. The summed E-state index contributed by atoms with van der Waals surface area (Å²) in [5, 5.41) is 3.39. The SMILES string of the molecule is C=C(CNC(C)(C)C)CSC. The lowest BCUT2D eigenvalue weighted by Gasteiger charge is -2.21. The summed E-state index contributed by atoms with van der Waals surface area (Å²) in [4.78, 5) is 0. The van der Waals surface area contributed by atoms with Gasteiger partial charge in [0.15, 0.2) is 0 Å². The first-order valence-corrected chi connectivity index (χ1v) is 5.25. The van der Waals surface area contributed by atoms with Crippen LogP contribution in [-0.2, 0) is 0 Å². The first-order chi connectivity index (χ1) is 4.95. The summed E-state index contributed by atoms with van der Waals surface area (Å²) < 4.78 is 0. The normalized spacial score (nSPS) is 11.6. The molecule has 0 aromatic rings. The molecule has 1 N–H and O–H groups in total. The number of nitrogens with one attached hydrogen (secondary N) is 1. The van der Waals surface area contributed by atoms with E-state index < -0.39 is 0 Å². The van der Waals surface area contributed by atoms with Gasteiger partial charge in [-0.3, -0.25) is 0 Å². The summed E-state index contributed by atoms with van der Waals surface area (Å²) in [6, 6.07) is 0. The molecule has 0 aromatic carbocycles. The molecule has 0 heterocycles. The number of rotatable bonds is 4. The molecule has 0 rings (SSSR count). The van der Waals surface area contributed by atoms with Crippen LogP contribution >= 0.6 is 11.8 Å². The van der Waals surface area contributed by atoms with Crippen molar-refractivity contribution in [1.82, 2.24) is 5.32 Å². The number of thioether (sulfide) groups is 1. The lowest BCUT2D eigenvalue weighted by Crippen LogP contribution is -2.37. The zero-order valence-electron chi connectivity index (χ0n) is 8.03. The minimum absolute atomic E-state index is 0.210. The van der Waals surface area contributed by atoms with E-state index >= 15 is 0 Å². The zero-order valence-corrected chi connectivity index (χ0v) is 8.85. The summed E-state index contributed by atoms with van der Waals surface area (Å²) >= 11 is 1.82. The molecule has 0 aliphatic rings. The molecular formula is C9H19NS. The molecule has 0 unspecified atom stereocenters. The van der Waals surface area contributed by atoms with E-state index in [1.807, 2.05) is 11.8 Å². The average molecular weight is 173 g/mol. The van der Waals surface area contributed by atoms with Crippen LogP contribution in [-0.4, -0.2) is 24.1 Å². The van der Waals surface area contributed by atoms with Crippen LogP contribution in [0, 0.1) is 0 Å². The lowest BCUT2D eigenvalue weighted by atomic mass is 10.1. The van der Waals surface area contributed by atoms with E-state index in [-0.39, 0.29) is 5.54 Å². The van der Waals surface area contributed by atoms with Crippen LogP contribution in [0.15, 0.2) is 12.2 Å². The van der Waals surface area contributed by atoms with Crippen molar-refractivity contribution in [2.45, 2.75) is 26.3 Å². The smallest absolute Gasteiger partial charge is 0.0175 e. The van der Waals surface area contributed by atoms with E-state index in [1.54, 1.807) is 0 Å². The van der Waals surface area contributed by atoms with Crippen molar-refractivity contribution in [3.8, 4) is 0 Å². The second kappa shape index (κ2) is 4.83. The zero-order chi connectivity index (χ0) is 8.91. The molecule has 0 aliphatic carbocycles. The van der Waals surface area contributed by atoms with Gasteiger partial charge >= 0.3 is 0 Å². The van der Waals surface area contributed by atoms with Gasteiger partial charge in [0, 0.05) is 17.8 Å². The number of hydrogen-bond donors (Lipinski definition) is 1. The second-order valence-corrected chi connectivity index (χ2v) is 4.65. The van der Waals surface area contributed by atoms with Crippen molar-refractivity contribution >= 4 is 11.8 Å². The molecule has 0 radical (unpaired) electrons. The Balaban J connectivity index is 3.46. The van der Waals surface area contributed by atoms with E-state index in [0.29, 0.717) is 0 Å². The standard InChI is InChI=1S/C9H19NS/c1-8(7-11-5)6-10-9(2,3)4/h10H,1,6-7H2,2-5H3. The predicted octanol–water partition coefficient (Wildman–Crippen LogP) is 2.29. The third-order valence-electron chi connectivity index (χ3n) is 1.22. The Hall–Kier alpha value is 0.0500. The third-order valence-corrected chi connectivity index (χ3v) is 1.91. The van der Waals surface area contributed by atoms with Crippen LogP contribution in [0.3, 0.4) is 0 Å². The van der Waals surface area contributed by atoms with Crippen molar-refractivity contribution in [1.29, 1.82) is 0 Å². The van der Waals surface area contributed by atoms with Crippen molar-refractivity contribution < 1.29 is 0 Å². The van der Waals surface area contributed by atoms with Crippen LogP contribution in [0.2, 0.25) is 0 Å². The minimum atomic E-state index is 0.210. The highest BCUT2D eigenvalue weighted by molar-refractivity contribution is 7.98. The van der Waals surface area contributed by atoms with Crippen molar-refractivity contribution in [2.24, 2.45) is 0 Å². The maximum Gasteiger partial charge on any atom is 0.0175 e. The lowest BCUT2D eigenvalue weighted by molar-refractivity contribution is 0.445. The van der Waals surface area contributed by atoms with E-state index in [4.69, 9.17) is 0 Å². The van der Waals surface area contributed by atoms with Crippen LogP contribution < -0.4 is 5.32 Å². The van der Waals surface area contributed by atoms with E-state index in [0.717, 1.165) is 12.3 Å². The van der Waals surface area contributed by atoms with Gasteiger partial charge in [0.25, 0.3) is 0 Å². The summed E-state index contributed by atoms with van der Waals surface area (Å²) in [5.74, 6) is 1.06. The third kappa shape index (κ3) is 7.95. The van der Waals surface area contributed by atoms with Gasteiger partial charge in [0.1, 0.15) is 0 Å². The summed E-state index contributed by atoms with van der Waals surface area (Å²) in [6.07, 6.45) is 2.10. The Kier molecular flexibility index (Phi) is 4.86. The second-order valence-electron chi connectivity index (χ2n) is 3.79. The summed E-state index contributed by atoms with van der Waals surface area (Å²) in [5.41, 5.74) is 1.48. The van der Waals surface area contributed by atoms with Crippen LogP contribution in [0.4, 0.5) is 0 Å². The Morgan fingerprint density at radius 1 is 1.45 bits per heavy atom. The Bertz CT molecular complexity index is 124. The highest BCUT2D eigenvalue weighted by Crippen LogP contribution is 2.03. The van der Waals surface area contributed by atoms with Crippen molar-refractivity contribution in [2.75, 3.05) is 18.6 Å². The average Bonchev–Trinajstić information content (AvgIpc) is 1.83. The van der Waals surface area contributed by atoms with Gasteiger partial charge in [0.2, 0.25) is 0 Å². The first-order valence-electron chi connectivity index (χ1n) is 3.86.